The van der Waals surface area contributed by atoms with E-state index in [1.807, 2.05) is 0 Å². The number of aromatic nitrogens is 4. The molecule has 3 N–H and O–H groups in total. The molecule has 0 radical (unpaired) electrons. The van der Waals surface area contributed by atoms with Gasteiger partial charge in [-0.1, -0.05) is 0 Å². The molecule has 1 atom stereocenters. The number of carbonyl (C=O) groups excluding carboxylic acids is 1. The molecule has 0 bridgehead atoms. The summed E-state index contributed by atoms with van der Waals surface area (Å²) in [5.41, 5.74) is 2.81. The molecule has 0 saturated heterocycles. The van der Waals surface area contributed by atoms with Crippen molar-refractivity contribution in [1.29, 1.82) is 0 Å². The third kappa shape index (κ3) is 2.60. The Labute approximate surface area is 109 Å². The number of amides is 1. The number of hydrogen-bond acceptors (Lipinski definition) is 5. The lowest BCUT2D eigenvalue weighted by atomic mass is 10.0. The van der Waals surface area contributed by atoms with Crippen molar-refractivity contribution >= 4 is 5.91 Å². The zero-order valence-corrected chi connectivity index (χ0v) is 10.3. The van der Waals surface area contributed by atoms with E-state index in [1.54, 1.807) is 18.6 Å². The predicted molar refractivity (Wildman–Crippen MR) is 66.8 cm³/mol. The second kappa shape index (κ2) is 5.15. The quantitative estimate of drug-likeness (QED) is 0.692. The molecule has 0 spiro atoms. The van der Waals surface area contributed by atoms with Gasteiger partial charge in [-0.05, 0) is 6.07 Å². The van der Waals surface area contributed by atoms with Crippen LogP contribution in [0.15, 0.2) is 24.9 Å². The van der Waals surface area contributed by atoms with Crippen molar-refractivity contribution in [2.24, 2.45) is 0 Å². The van der Waals surface area contributed by atoms with Gasteiger partial charge in [0.05, 0.1) is 36.0 Å². The summed E-state index contributed by atoms with van der Waals surface area (Å²) < 4.78 is 0. The summed E-state index contributed by atoms with van der Waals surface area (Å²) >= 11 is 0. The van der Waals surface area contributed by atoms with Gasteiger partial charge in [0.1, 0.15) is 6.33 Å². The number of nitrogens with zero attached hydrogens (tertiary/aromatic N) is 3. The van der Waals surface area contributed by atoms with Crippen LogP contribution in [0.25, 0.3) is 0 Å². The van der Waals surface area contributed by atoms with Crippen molar-refractivity contribution in [2.75, 3.05) is 0 Å². The van der Waals surface area contributed by atoms with Crippen LogP contribution in [0.5, 0.6) is 0 Å². The lowest BCUT2D eigenvalue weighted by molar-refractivity contribution is -0.123. The van der Waals surface area contributed by atoms with Crippen molar-refractivity contribution in [2.45, 2.75) is 25.6 Å². The SMILES string of the molecule is O=C(NCc1ccncn1)C1Cc2nc[nH]c2CN1. The van der Waals surface area contributed by atoms with Gasteiger partial charge < -0.3 is 10.3 Å². The molecule has 0 saturated carbocycles. The van der Waals surface area contributed by atoms with Crippen molar-refractivity contribution in [3.05, 3.63) is 42.0 Å². The van der Waals surface area contributed by atoms with Crippen molar-refractivity contribution in [3.63, 3.8) is 0 Å². The Hall–Kier alpha value is -2.28. The lowest BCUT2D eigenvalue weighted by Gasteiger charge is -2.22. The second-order valence-electron chi connectivity index (χ2n) is 4.38. The van der Waals surface area contributed by atoms with Gasteiger partial charge in [-0.2, -0.15) is 0 Å². The largest absolute Gasteiger partial charge is 0.349 e. The van der Waals surface area contributed by atoms with E-state index in [0.717, 1.165) is 17.1 Å². The molecule has 1 amide bonds. The number of imidazole rings is 1. The van der Waals surface area contributed by atoms with Crippen LogP contribution in [0.3, 0.4) is 0 Å². The van der Waals surface area contributed by atoms with Crippen LogP contribution in [0.4, 0.5) is 0 Å². The van der Waals surface area contributed by atoms with E-state index >= 15 is 0 Å². The molecule has 1 aliphatic rings. The zero-order chi connectivity index (χ0) is 13.1. The van der Waals surface area contributed by atoms with Gasteiger partial charge >= 0.3 is 0 Å². The molecule has 7 nitrogen and oxygen atoms in total. The highest BCUT2D eigenvalue weighted by Crippen LogP contribution is 2.12. The minimum absolute atomic E-state index is 0.0349. The average Bonchev–Trinajstić information content (AvgIpc) is 2.93. The average molecular weight is 258 g/mol. The highest BCUT2D eigenvalue weighted by Gasteiger charge is 2.25. The van der Waals surface area contributed by atoms with E-state index in [9.17, 15) is 4.79 Å². The standard InChI is InChI=1S/C12H14N6O/c19-12(15-4-8-1-2-13-6-16-8)10-3-9-11(5-14-10)18-7-17-9/h1-2,6-7,10,14H,3-5H2,(H,15,19)(H,17,18). The molecule has 2 aromatic heterocycles. The maximum absolute atomic E-state index is 12.0. The van der Waals surface area contributed by atoms with E-state index < -0.39 is 0 Å². The molecule has 3 heterocycles. The number of aromatic amines is 1. The molecule has 0 aromatic carbocycles. The summed E-state index contributed by atoms with van der Waals surface area (Å²) in [6.45, 7) is 1.05. The van der Waals surface area contributed by atoms with Gasteiger partial charge in [0.15, 0.2) is 0 Å². The first-order chi connectivity index (χ1) is 9.33. The first-order valence-electron chi connectivity index (χ1n) is 6.10. The third-order valence-electron chi connectivity index (χ3n) is 3.13. The Morgan fingerprint density at radius 1 is 1.47 bits per heavy atom. The topological polar surface area (TPSA) is 95.6 Å². The first-order valence-corrected chi connectivity index (χ1v) is 6.10. The zero-order valence-electron chi connectivity index (χ0n) is 10.3. The number of carbonyl (C=O) groups is 1. The minimum Gasteiger partial charge on any atom is -0.349 e. The van der Waals surface area contributed by atoms with Crippen LogP contribution in [0, 0.1) is 0 Å². The van der Waals surface area contributed by atoms with Crippen LogP contribution in [-0.2, 0) is 24.3 Å². The first kappa shape index (κ1) is 11.8. The van der Waals surface area contributed by atoms with Crippen molar-refractivity contribution in [1.82, 2.24) is 30.6 Å². The molecular weight excluding hydrogens is 244 g/mol. The van der Waals surface area contributed by atoms with Gasteiger partial charge in [0.2, 0.25) is 5.91 Å². The van der Waals surface area contributed by atoms with E-state index in [-0.39, 0.29) is 11.9 Å². The number of H-pyrrole nitrogens is 1. The van der Waals surface area contributed by atoms with Gasteiger partial charge in [0.25, 0.3) is 0 Å². The molecule has 7 heteroatoms. The van der Waals surface area contributed by atoms with Crippen LogP contribution < -0.4 is 10.6 Å². The molecule has 0 fully saturated rings. The lowest BCUT2D eigenvalue weighted by Crippen LogP contribution is -2.47. The van der Waals surface area contributed by atoms with Crippen LogP contribution >= 0.6 is 0 Å². The second-order valence-corrected chi connectivity index (χ2v) is 4.38. The van der Waals surface area contributed by atoms with E-state index in [4.69, 9.17) is 0 Å². The molecular formula is C12H14N6O. The molecule has 1 aliphatic heterocycles. The van der Waals surface area contributed by atoms with Crippen molar-refractivity contribution in [3.8, 4) is 0 Å². The maximum Gasteiger partial charge on any atom is 0.237 e. The van der Waals surface area contributed by atoms with E-state index in [0.29, 0.717) is 19.5 Å². The number of nitrogens with one attached hydrogen (secondary N) is 3. The number of rotatable bonds is 3. The van der Waals surface area contributed by atoms with Gasteiger partial charge in [-0.3, -0.25) is 10.1 Å². The summed E-state index contributed by atoms with van der Waals surface area (Å²) in [5.74, 6) is -0.0349. The monoisotopic (exact) mass is 258 g/mol. The highest BCUT2D eigenvalue weighted by atomic mass is 16.2. The number of fused-ring (bicyclic) bond motifs is 1. The van der Waals surface area contributed by atoms with Crippen molar-refractivity contribution < 1.29 is 4.79 Å². The Balaban J connectivity index is 1.57. The normalized spacial score (nSPS) is 17.8. The van der Waals surface area contributed by atoms with Crippen LogP contribution in [0.2, 0.25) is 0 Å². The molecule has 3 rings (SSSR count). The van der Waals surface area contributed by atoms with Crippen LogP contribution in [0.1, 0.15) is 17.1 Å². The molecule has 98 valence electrons. The Morgan fingerprint density at radius 3 is 3.26 bits per heavy atom. The van der Waals surface area contributed by atoms with Crippen LogP contribution in [-0.4, -0.2) is 31.9 Å². The fourth-order valence-corrected chi connectivity index (χ4v) is 2.08. The number of hydrogen-bond donors (Lipinski definition) is 3. The summed E-state index contributed by atoms with van der Waals surface area (Å²) in [5, 5.41) is 6.04. The van der Waals surface area contributed by atoms with E-state index in [1.165, 1.54) is 6.33 Å². The smallest absolute Gasteiger partial charge is 0.237 e. The Bertz CT molecular complexity index is 567. The Morgan fingerprint density at radius 2 is 2.42 bits per heavy atom. The summed E-state index contributed by atoms with van der Waals surface area (Å²) in [6, 6.07) is 1.54. The maximum atomic E-state index is 12.0. The van der Waals surface area contributed by atoms with Gasteiger partial charge in [-0.15, -0.1) is 0 Å². The predicted octanol–water partition coefficient (Wildman–Crippen LogP) is -0.470. The van der Waals surface area contributed by atoms with Gasteiger partial charge in [0, 0.05) is 19.2 Å². The molecule has 0 aliphatic carbocycles. The fourth-order valence-electron chi connectivity index (χ4n) is 2.08. The Kier molecular flexibility index (Phi) is 3.20. The summed E-state index contributed by atoms with van der Waals surface area (Å²) in [6.07, 6.45) is 5.39. The minimum atomic E-state index is -0.238. The summed E-state index contributed by atoms with van der Waals surface area (Å²) in [7, 11) is 0. The summed E-state index contributed by atoms with van der Waals surface area (Å²) in [4.78, 5) is 27.2. The molecule has 1 unspecified atom stereocenters. The molecule has 19 heavy (non-hydrogen) atoms. The van der Waals surface area contributed by atoms with E-state index in [2.05, 4.69) is 30.6 Å². The highest BCUT2D eigenvalue weighted by molar-refractivity contribution is 5.82. The fraction of sp³-hybridized carbons (Fsp3) is 0.333. The van der Waals surface area contributed by atoms with Gasteiger partial charge in [-0.25, -0.2) is 15.0 Å². The third-order valence-corrected chi connectivity index (χ3v) is 3.13. The molecule has 2 aromatic rings.